The number of rotatable bonds is 4. The van der Waals surface area contributed by atoms with Crippen LogP contribution in [0.1, 0.15) is 52.0 Å². The highest BCUT2D eigenvalue weighted by molar-refractivity contribution is 6.03. The Labute approximate surface area is 165 Å². The van der Waals surface area contributed by atoms with Crippen LogP contribution in [-0.2, 0) is 19.1 Å². The first-order valence-corrected chi connectivity index (χ1v) is 9.41. The molecule has 0 fully saturated rings. The molecule has 150 valence electrons. The standard InChI is InChI=1S/C22H27NO5/c1-12(2)27-21(25)19-17(13-7-6-8-14(9-13)26-5)18-15(24)10-22(3,4)11-16(18)28-20(19)23/h6-9,12,17H,10-11,23H2,1-5H3/t17-/m0/s1. The van der Waals surface area contributed by atoms with Gasteiger partial charge in [-0.3, -0.25) is 4.79 Å². The summed E-state index contributed by atoms with van der Waals surface area (Å²) in [7, 11) is 1.57. The average molecular weight is 385 g/mol. The van der Waals surface area contributed by atoms with Gasteiger partial charge in [0, 0.05) is 18.4 Å². The van der Waals surface area contributed by atoms with E-state index < -0.39 is 11.9 Å². The second kappa shape index (κ2) is 7.34. The van der Waals surface area contributed by atoms with Crippen molar-refractivity contribution in [2.45, 2.75) is 52.6 Å². The van der Waals surface area contributed by atoms with E-state index in [0.717, 1.165) is 5.56 Å². The highest BCUT2D eigenvalue weighted by Gasteiger charge is 2.45. The van der Waals surface area contributed by atoms with Gasteiger partial charge in [-0.1, -0.05) is 26.0 Å². The van der Waals surface area contributed by atoms with Gasteiger partial charge in [0.15, 0.2) is 5.78 Å². The lowest BCUT2D eigenvalue weighted by Gasteiger charge is -2.38. The first-order valence-electron chi connectivity index (χ1n) is 9.41. The molecule has 28 heavy (non-hydrogen) atoms. The lowest BCUT2D eigenvalue weighted by atomic mass is 9.70. The van der Waals surface area contributed by atoms with Gasteiger partial charge in [-0.2, -0.15) is 0 Å². The Kier molecular flexibility index (Phi) is 5.24. The number of benzene rings is 1. The Morgan fingerprint density at radius 3 is 2.64 bits per heavy atom. The maximum atomic E-state index is 13.1. The number of ether oxygens (including phenoxy) is 3. The summed E-state index contributed by atoms with van der Waals surface area (Å²) in [5.41, 5.74) is 7.33. The maximum absolute atomic E-state index is 13.1. The van der Waals surface area contributed by atoms with Crippen LogP contribution in [-0.4, -0.2) is 25.0 Å². The molecular formula is C22H27NO5. The molecule has 2 aliphatic rings. The molecule has 0 amide bonds. The third-order valence-corrected chi connectivity index (χ3v) is 4.94. The van der Waals surface area contributed by atoms with Gasteiger partial charge in [0.05, 0.1) is 19.1 Å². The Hall–Kier alpha value is -2.76. The van der Waals surface area contributed by atoms with E-state index in [4.69, 9.17) is 19.9 Å². The number of Topliss-reactive ketones (excluding diaryl/α,β-unsaturated/α-hetero) is 1. The molecule has 1 atom stereocenters. The van der Waals surface area contributed by atoms with Crippen LogP contribution in [0.4, 0.5) is 0 Å². The largest absolute Gasteiger partial charge is 0.497 e. The maximum Gasteiger partial charge on any atom is 0.340 e. The van der Waals surface area contributed by atoms with Crippen molar-refractivity contribution in [1.82, 2.24) is 0 Å². The molecule has 0 bridgehead atoms. The molecule has 0 saturated carbocycles. The molecule has 6 heteroatoms. The Morgan fingerprint density at radius 2 is 2.00 bits per heavy atom. The van der Waals surface area contributed by atoms with Crippen LogP contribution < -0.4 is 10.5 Å². The molecule has 1 heterocycles. The van der Waals surface area contributed by atoms with Crippen LogP contribution in [0.3, 0.4) is 0 Å². The molecule has 0 unspecified atom stereocenters. The molecule has 6 nitrogen and oxygen atoms in total. The second-order valence-electron chi connectivity index (χ2n) is 8.32. The van der Waals surface area contributed by atoms with Gasteiger partial charge in [0.2, 0.25) is 5.88 Å². The lowest BCUT2D eigenvalue weighted by molar-refractivity contribution is -0.143. The van der Waals surface area contributed by atoms with Gasteiger partial charge < -0.3 is 19.9 Å². The molecule has 2 N–H and O–H groups in total. The van der Waals surface area contributed by atoms with Crippen molar-refractivity contribution in [1.29, 1.82) is 0 Å². The summed E-state index contributed by atoms with van der Waals surface area (Å²) in [5.74, 6) is -0.111. The first kappa shape index (κ1) is 20.0. The molecule has 1 aromatic carbocycles. The van der Waals surface area contributed by atoms with Gasteiger partial charge in [-0.25, -0.2) is 4.79 Å². The number of ketones is 1. The molecule has 0 aromatic heterocycles. The van der Waals surface area contributed by atoms with E-state index in [2.05, 4.69) is 0 Å². The molecular weight excluding hydrogens is 358 g/mol. The molecule has 1 aliphatic heterocycles. The summed E-state index contributed by atoms with van der Waals surface area (Å²) in [4.78, 5) is 26.0. The van der Waals surface area contributed by atoms with E-state index in [0.29, 0.717) is 29.9 Å². The van der Waals surface area contributed by atoms with E-state index in [1.807, 2.05) is 38.1 Å². The van der Waals surface area contributed by atoms with Gasteiger partial charge in [-0.05, 0) is 37.0 Å². The SMILES string of the molecule is COc1cccc([C@@H]2C(C(=O)OC(C)C)=C(N)OC3=C2C(=O)CC(C)(C)C3)c1. The first-order chi connectivity index (χ1) is 13.1. The Morgan fingerprint density at radius 1 is 1.29 bits per heavy atom. The van der Waals surface area contributed by atoms with E-state index >= 15 is 0 Å². The molecule has 1 aliphatic carbocycles. The average Bonchev–Trinajstić information content (AvgIpc) is 2.58. The van der Waals surface area contributed by atoms with Gasteiger partial charge in [0.1, 0.15) is 17.1 Å². The number of hydrogen-bond acceptors (Lipinski definition) is 6. The topological polar surface area (TPSA) is 87.8 Å². The second-order valence-corrected chi connectivity index (χ2v) is 8.32. The van der Waals surface area contributed by atoms with Crippen LogP contribution in [0.15, 0.2) is 47.1 Å². The van der Waals surface area contributed by atoms with Crippen molar-refractivity contribution in [3.8, 4) is 5.75 Å². The minimum Gasteiger partial charge on any atom is -0.497 e. The molecule has 1 aromatic rings. The normalized spacial score (nSPS) is 21.4. The number of esters is 1. The van der Waals surface area contributed by atoms with Crippen LogP contribution in [0.25, 0.3) is 0 Å². The summed E-state index contributed by atoms with van der Waals surface area (Å²) in [6.45, 7) is 7.55. The predicted octanol–water partition coefficient (Wildman–Crippen LogP) is 3.57. The van der Waals surface area contributed by atoms with E-state index in [1.165, 1.54) is 0 Å². The zero-order valence-corrected chi connectivity index (χ0v) is 17.0. The molecule has 0 spiro atoms. The van der Waals surface area contributed by atoms with Gasteiger partial charge in [0.25, 0.3) is 0 Å². The van der Waals surface area contributed by atoms with Crippen molar-refractivity contribution < 1.29 is 23.8 Å². The highest BCUT2D eigenvalue weighted by Crippen LogP contribution is 2.48. The molecule has 0 radical (unpaired) electrons. The molecule has 3 rings (SSSR count). The smallest absolute Gasteiger partial charge is 0.340 e. The summed E-state index contributed by atoms with van der Waals surface area (Å²) in [5, 5.41) is 0. The van der Waals surface area contributed by atoms with E-state index in [-0.39, 0.29) is 28.8 Å². The zero-order valence-electron chi connectivity index (χ0n) is 17.0. The fourth-order valence-corrected chi connectivity index (χ4v) is 3.82. The predicted molar refractivity (Wildman–Crippen MR) is 104 cm³/mol. The van der Waals surface area contributed by atoms with Crippen molar-refractivity contribution in [3.05, 3.63) is 52.6 Å². The van der Waals surface area contributed by atoms with Crippen molar-refractivity contribution >= 4 is 11.8 Å². The monoisotopic (exact) mass is 385 g/mol. The van der Waals surface area contributed by atoms with Crippen LogP contribution in [0, 0.1) is 5.41 Å². The van der Waals surface area contributed by atoms with Gasteiger partial charge >= 0.3 is 5.97 Å². The number of methoxy groups -OCH3 is 1. The quantitative estimate of drug-likeness (QED) is 0.797. The highest BCUT2D eigenvalue weighted by atomic mass is 16.5. The molecule has 0 saturated heterocycles. The number of hydrogen-bond donors (Lipinski definition) is 1. The third kappa shape index (κ3) is 3.77. The number of allylic oxidation sites excluding steroid dienone is 2. The zero-order chi connectivity index (χ0) is 20.6. The minimum absolute atomic E-state index is 0.0114. The summed E-state index contributed by atoms with van der Waals surface area (Å²) in [6, 6.07) is 7.29. The Bertz CT molecular complexity index is 879. The van der Waals surface area contributed by atoms with E-state index in [9.17, 15) is 9.59 Å². The third-order valence-electron chi connectivity index (χ3n) is 4.94. The fourth-order valence-electron chi connectivity index (χ4n) is 3.82. The minimum atomic E-state index is -0.645. The summed E-state index contributed by atoms with van der Waals surface area (Å²) >= 11 is 0. The van der Waals surface area contributed by atoms with Crippen molar-refractivity contribution in [3.63, 3.8) is 0 Å². The van der Waals surface area contributed by atoms with Crippen LogP contribution in [0.2, 0.25) is 0 Å². The van der Waals surface area contributed by atoms with Gasteiger partial charge in [-0.15, -0.1) is 0 Å². The number of carbonyl (C=O) groups excluding carboxylic acids is 2. The van der Waals surface area contributed by atoms with E-state index in [1.54, 1.807) is 21.0 Å². The Balaban J connectivity index is 2.17. The summed E-state index contributed by atoms with van der Waals surface area (Å²) < 4.78 is 16.5. The summed E-state index contributed by atoms with van der Waals surface area (Å²) in [6.07, 6.45) is 0.624. The van der Waals surface area contributed by atoms with Crippen molar-refractivity contribution in [2.24, 2.45) is 11.1 Å². The van der Waals surface area contributed by atoms with Crippen LogP contribution in [0.5, 0.6) is 5.75 Å². The lowest BCUT2D eigenvalue weighted by Crippen LogP contribution is -2.36. The number of carbonyl (C=O) groups is 2. The fraction of sp³-hybridized carbons (Fsp3) is 0.455. The van der Waals surface area contributed by atoms with Crippen molar-refractivity contribution in [2.75, 3.05) is 7.11 Å². The van der Waals surface area contributed by atoms with Crippen LogP contribution >= 0.6 is 0 Å². The number of nitrogens with two attached hydrogens (primary N) is 1.